The molecule has 0 fully saturated rings. The van der Waals surface area contributed by atoms with Crippen molar-refractivity contribution < 1.29 is 0 Å². The highest BCUT2D eigenvalue weighted by Gasteiger charge is 2.17. The number of aryl methyl sites for hydroxylation is 2. The summed E-state index contributed by atoms with van der Waals surface area (Å²) >= 11 is 5.45. The number of hydrogen-bond donors (Lipinski definition) is 1. The lowest BCUT2D eigenvalue weighted by atomic mass is 9.95. The first-order valence-electron chi connectivity index (χ1n) is 7.02. The maximum absolute atomic E-state index is 3.65. The number of rotatable bonds is 3. The lowest BCUT2D eigenvalue weighted by Gasteiger charge is -2.18. The number of benzene rings is 2. The van der Waals surface area contributed by atoms with Crippen LogP contribution in [0, 0.1) is 13.8 Å². The molecule has 0 aliphatic rings. The van der Waals surface area contributed by atoms with E-state index in [2.05, 4.69) is 76.9 Å². The molecule has 1 aromatic heterocycles. The predicted octanol–water partition coefficient (Wildman–Crippen LogP) is 5.59. The number of halogens is 1. The first kappa shape index (κ1) is 14.8. The Morgan fingerprint density at radius 2 is 1.90 bits per heavy atom. The molecule has 108 valence electrons. The summed E-state index contributed by atoms with van der Waals surface area (Å²) in [4.78, 5) is 0. The van der Waals surface area contributed by atoms with E-state index in [0.717, 1.165) is 0 Å². The second kappa shape index (κ2) is 5.91. The van der Waals surface area contributed by atoms with Crippen molar-refractivity contribution in [2.24, 2.45) is 0 Å². The van der Waals surface area contributed by atoms with Gasteiger partial charge in [0.2, 0.25) is 0 Å². The molecule has 1 unspecified atom stereocenters. The zero-order valence-electron chi connectivity index (χ0n) is 12.4. The van der Waals surface area contributed by atoms with Crippen molar-refractivity contribution in [2.45, 2.75) is 19.9 Å². The molecule has 1 atom stereocenters. The summed E-state index contributed by atoms with van der Waals surface area (Å²) in [5.74, 6) is 0. The molecule has 3 aromatic rings. The van der Waals surface area contributed by atoms with Gasteiger partial charge in [-0.1, -0.05) is 30.3 Å². The van der Waals surface area contributed by atoms with Crippen LogP contribution in [0.3, 0.4) is 0 Å². The maximum Gasteiger partial charge on any atom is 0.0588 e. The molecule has 0 radical (unpaired) electrons. The molecule has 2 aromatic carbocycles. The molecule has 0 aliphatic heterocycles. The molecule has 3 rings (SSSR count). The summed E-state index contributed by atoms with van der Waals surface area (Å²) < 4.78 is 2.49. The number of hydrogen-bond acceptors (Lipinski definition) is 2. The van der Waals surface area contributed by atoms with E-state index in [9.17, 15) is 0 Å². The van der Waals surface area contributed by atoms with Crippen LogP contribution in [-0.4, -0.2) is 7.05 Å². The van der Waals surface area contributed by atoms with Crippen molar-refractivity contribution in [1.82, 2.24) is 5.32 Å². The van der Waals surface area contributed by atoms with E-state index in [4.69, 9.17) is 0 Å². The molecule has 0 aliphatic carbocycles. The van der Waals surface area contributed by atoms with Gasteiger partial charge in [0.15, 0.2) is 0 Å². The van der Waals surface area contributed by atoms with Gasteiger partial charge in [0.05, 0.1) is 6.04 Å². The van der Waals surface area contributed by atoms with Gasteiger partial charge in [-0.3, -0.25) is 0 Å². The largest absolute Gasteiger partial charge is 0.309 e. The van der Waals surface area contributed by atoms with E-state index in [0.29, 0.717) is 0 Å². The summed E-state index contributed by atoms with van der Waals surface area (Å²) in [6, 6.07) is 13.4. The topological polar surface area (TPSA) is 12.0 Å². The normalized spacial score (nSPS) is 12.8. The monoisotopic (exact) mass is 359 g/mol. The van der Waals surface area contributed by atoms with Crippen LogP contribution in [0.1, 0.15) is 28.3 Å². The second-order valence-corrected chi connectivity index (χ2v) is 7.11. The van der Waals surface area contributed by atoms with Gasteiger partial charge in [-0.15, -0.1) is 11.3 Å². The Balaban J connectivity index is 2.14. The molecule has 1 N–H and O–H groups in total. The average Bonchev–Trinajstić information content (AvgIpc) is 2.89. The average molecular weight is 360 g/mol. The maximum atomic E-state index is 3.65. The standard InChI is InChI=1S/C18H18BrNS/c1-11-7-8-13(9-12(11)2)17(20-3)15-10-21-18-14(15)5-4-6-16(18)19/h4-10,17,20H,1-3H3. The van der Waals surface area contributed by atoms with Crippen molar-refractivity contribution in [3.8, 4) is 0 Å². The first-order valence-corrected chi connectivity index (χ1v) is 8.69. The minimum absolute atomic E-state index is 0.229. The minimum atomic E-state index is 0.229. The highest BCUT2D eigenvalue weighted by Crippen LogP contribution is 2.37. The summed E-state index contributed by atoms with van der Waals surface area (Å²) in [7, 11) is 2.03. The number of nitrogens with one attached hydrogen (secondary N) is 1. The Hall–Kier alpha value is -1.16. The third-order valence-electron chi connectivity index (χ3n) is 4.05. The molecule has 0 saturated carbocycles. The van der Waals surface area contributed by atoms with Crippen LogP contribution in [0.2, 0.25) is 0 Å². The third-order valence-corrected chi connectivity index (χ3v) is 6.02. The lowest BCUT2D eigenvalue weighted by molar-refractivity contribution is 0.698. The van der Waals surface area contributed by atoms with Crippen molar-refractivity contribution >= 4 is 37.4 Å². The molecule has 1 heterocycles. The van der Waals surface area contributed by atoms with Crippen molar-refractivity contribution in [3.63, 3.8) is 0 Å². The number of fused-ring (bicyclic) bond motifs is 1. The minimum Gasteiger partial charge on any atom is -0.309 e. The molecule has 0 amide bonds. The SMILES string of the molecule is CNC(c1ccc(C)c(C)c1)c1csc2c(Br)cccc12. The zero-order chi connectivity index (χ0) is 15.0. The fourth-order valence-corrected chi connectivity index (χ4v) is 4.36. The van der Waals surface area contributed by atoms with Gasteiger partial charge in [0.25, 0.3) is 0 Å². The highest BCUT2D eigenvalue weighted by molar-refractivity contribution is 9.10. The molecule has 0 bridgehead atoms. The van der Waals surface area contributed by atoms with Gasteiger partial charge in [0, 0.05) is 9.17 Å². The van der Waals surface area contributed by atoms with Crippen molar-refractivity contribution in [1.29, 1.82) is 0 Å². The summed E-state index contributed by atoms with van der Waals surface area (Å²) in [6.07, 6.45) is 0. The smallest absolute Gasteiger partial charge is 0.0588 e. The van der Waals surface area contributed by atoms with Gasteiger partial charge < -0.3 is 5.32 Å². The Morgan fingerprint density at radius 3 is 2.62 bits per heavy atom. The van der Waals surface area contributed by atoms with Gasteiger partial charge in [-0.2, -0.15) is 0 Å². The summed E-state index contributed by atoms with van der Waals surface area (Å²) in [5, 5.41) is 7.07. The molecule has 0 saturated heterocycles. The highest BCUT2D eigenvalue weighted by atomic mass is 79.9. The second-order valence-electron chi connectivity index (χ2n) is 5.37. The van der Waals surface area contributed by atoms with E-state index in [-0.39, 0.29) is 6.04 Å². The van der Waals surface area contributed by atoms with Gasteiger partial charge in [-0.05, 0) is 75.9 Å². The Morgan fingerprint density at radius 1 is 1.10 bits per heavy atom. The first-order chi connectivity index (χ1) is 10.1. The van der Waals surface area contributed by atoms with Crippen LogP contribution < -0.4 is 5.32 Å². The van der Waals surface area contributed by atoms with E-state index in [1.54, 1.807) is 11.3 Å². The fourth-order valence-electron chi connectivity index (χ4n) is 2.71. The van der Waals surface area contributed by atoms with Gasteiger partial charge in [-0.25, -0.2) is 0 Å². The van der Waals surface area contributed by atoms with E-state index in [1.807, 2.05) is 7.05 Å². The molecular weight excluding hydrogens is 342 g/mol. The molecule has 3 heteroatoms. The Kier molecular flexibility index (Phi) is 4.16. The molecule has 0 spiro atoms. The van der Waals surface area contributed by atoms with Gasteiger partial charge >= 0.3 is 0 Å². The van der Waals surface area contributed by atoms with Crippen LogP contribution in [-0.2, 0) is 0 Å². The van der Waals surface area contributed by atoms with E-state index < -0.39 is 0 Å². The molecular formula is C18H18BrNS. The summed E-state index contributed by atoms with van der Waals surface area (Å²) in [5.41, 5.74) is 5.35. The van der Waals surface area contributed by atoms with Crippen molar-refractivity contribution in [3.05, 3.63) is 68.5 Å². The van der Waals surface area contributed by atoms with Crippen LogP contribution in [0.4, 0.5) is 0 Å². The Bertz CT molecular complexity index is 791. The van der Waals surface area contributed by atoms with Crippen LogP contribution >= 0.6 is 27.3 Å². The van der Waals surface area contributed by atoms with Crippen LogP contribution in [0.25, 0.3) is 10.1 Å². The van der Waals surface area contributed by atoms with Crippen LogP contribution in [0.15, 0.2) is 46.3 Å². The van der Waals surface area contributed by atoms with E-state index >= 15 is 0 Å². The Labute approximate surface area is 138 Å². The zero-order valence-corrected chi connectivity index (χ0v) is 14.8. The number of thiophene rings is 1. The van der Waals surface area contributed by atoms with Gasteiger partial charge in [0.1, 0.15) is 0 Å². The predicted molar refractivity (Wildman–Crippen MR) is 96.3 cm³/mol. The van der Waals surface area contributed by atoms with E-state index in [1.165, 1.54) is 36.8 Å². The van der Waals surface area contributed by atoms with Crippen LogP contribution in [0.5, 0.6) is 0 Å². The fraction of sp³-hybridized carbons (Fsp3) is 0.222. The summed E-state index contributed by atoms with van der Waals surface area (Å²) in [6.45, 7) is 4.33. The molecule has 21 heavy (non-hydrogen) atoms. The molecule has 1 nitrogen and oxygen atoms in total. The third kappa shape index (κ3) is 2.66. The quantitative estimate of drug-likeness (QED) is 0.642. The lowest BCUT2D eigenvalue weighted by Crippen LogP contribution is -2.17. The van der Waals surface area contributed by atoms with Crippen molar-refractivity contribution in [2.75, 3.05) is 7.05 Å².